The SMILES string of the molecule is Cc1ccc2nc([C@H](O)[C@@H](O)c3nc4ccc(C)cc4[nH]3)[nH]c2c1. The smallest absolute Gasteiger partial charge is 0.145 e. The Morgan fingerprint density at radius 2 is 1.17 bits per heavy atom. The Hall–Kier alpha value is -2.70. The zero-order chi connectivity index (χ0) is 16.8. The van der Waals surface area contributed by atoms with Crippen molar-refractivity contribution in [3.8, 4) is 0 Å². The second-order valence-corrected chi connectivity index (χ2v) is 6.17. The number of fused-ring (bicyclic) bond motifs is 2. The van der Waals surface area contributed by atoms with Crippen molar-refractivity contribution in [3.63, 3.8) is 0 Å². The fourth-order valence-electron chi connectivity index (χ4n) is 2.87. The Labute approximate surface area is 138 Å². The molecule has 0 radical (unpaired) electrons. The topological polar surface area (TPSA) is 97.8 Å². The fraction of sp³-hybridized carbons (Fsp3) is 0.222. The molecule has 0 aliphatic rings. The largest absolute Gasteiger partial charge is 0.382 e. The van der Waals surface area contributed by atoms with Crippen LogP contribution in [0.4, 0.5) is 0 Å². The van der Waals surface area contributed by atoms with Gasteiger partial charge in [0.2, 0.25) is 0 Å². The third kappa shape index (κ3) is 2.46. The van der Waals surface area contributed by atoms with E-state index in [4.69, 9.17) is 0 Å². The summed E-state index contributed by atoms with van der Waals surface area (Å²) in [6.07, 6.45) is -2.39. The molecule has 0 saturated carbocycles. The minimum Gasteiger partial charge on any atom is -0.382 e. The van der Waals surface area contributed by atoms with E-state index in [0.717, 1.165) is 33.2 Å². The molecule has 2 heterocycles. The van der Waals surface area contributed by atoms with E-state index in [1.807, 2.05) is 50.2 Å². The molecule has 0 bridgehead atoms. The molecule has 0 fully saturated rings. The molecular weight excluding hydrogens is 304 g/mol. The van der Waals surface area contributed by atoms with Gasteiger partial charge in [-0.3, -0.25) is 0 Å². The van der Waals surface area contributed by atoms with Gasteiger partial charge in [0.15, 0.2) is 0 Å². The number of aromatic nitrogens is 4. The van der Waals surface area contributed by atoms with Crippen molar-refractivity contribution in [3.05, 3.63) is 59.2 Å². The first-order valence-electron chi connectivity index (χ1n) is 7.80. The standard InChI is InChI=1S/C18H18N4O2/c1-9-3-5-11-13(7-9)21-17(19-11)15(23)16(24)18-20-12-6-4-10(2)8-14(12)22-18/h3-8,15-16,23-24H,1-2H3,(H,19,21)(H,20,22)/t15-,16-/m1/s1. The molecule has 2 aromatic heterocycles. The van der Waals surface area contributed by atoms with E-state index < -0.39 is 12.2 Å². The van der Waals surface area contributed by atoms with Crippen molar-refractivity contribution < 1.29 is 10.2 Å². The van der Waals surface area contributed by atoms with E-state index in [2.05, 4.69) is 19.9 Å². The predicted molar refractivity (Wildman–Crippen MR) is 91.6 cm³/mol. The highest BCUT2D eigenvalue weighted by atomic mass is 16.3. The second-order valence-electron chi connectivity index (χ2n) is 6.17. The molecule has 6 nitrogen and oxygen atoms in total. The van der Waals surface area contributed by atoms with E-state index in [9.17, 15) is 10.2 Å². The predicted octanol–water partition coefficient (Wildman–Crippen LogP) is 2.82. The van der Waals surface area contributed by atoms with Crippen LogP contribution in [0.25, 0.3) is 22.1 Å². The normalized spacial score (nSPS) is 14.3. The van der Waals surface area contributed by atoms with E-state index in [-0.39, 0.29) is 0 Å². The zero-order valence-corrected chi connectivity index (χ0v) is 13.4. The molecule has 0 aliphatic carbocycles. The van der Waals surface area contributed by atoms with Crippen molar-refractivity contribution >= 4 is 22.1 Å². The molecule has 0 unspecified atom stereocenters. The Kier molecular flexibility index (Phi) is 3.37. The summed E-state index contributed by atoms with van der Waals surface area (Å²) in [5.41, 5.74) is 5.36. The van der Waals surface area contributed by atoms with Crippen LogP contribution in [0.1, 0.15) is 35.0 Å². The first kappa shape index (κ1) is 14.9. The van der Waals surface area contributed by atoms with E-state index in [1.54, 1.807) is 0 Å². The summed E-state index contributed by atoms with van der Waals surface area (Å²) in [7, 11) is 0. The van der Waals surface area contributed by atoms with Gasteiger partial charge in [0.1, 0.15) is 23.9 Å². The van der Waals surface area contributed by atoms with Gasteiger partial charge < -0.3 is 20.2 Å². The molecule has 4 N–H and O–H groups in total. The minimum atomic E-state index is -1.20. The highest BCUT2D eigenvalue weighted by Gasteiger charge is 2.26. The summed E-state index contributed by atoms with van der Waals surface area (Å²) in [6.45, 7) is 3.98. The van der Waals surface area contributed by atoms with Crippen LogP contribution in [-0.4, -0.2) is 30.1 Å². The summed E-state index contributed by atoms with van der Waals surface area (Å²) in [6, 6.07) is 11.6. The lowest BCUT2D eigenvalue weighted by molar-refractivity contribution is 0.00780. The van der Waals surface area contributed by atoms with Crippen LogP contribution in [0.5, 0.6) is 0 Å². The quantitative estimate of drug-likeness (QED) is 0.466. The number of aromatic amines is 2. The molecule has 6 heteroatoms. The van der Waals surface area contributed by atoms with Crippen LogP contribution in [0.15, 0.2) is 36.4 Å². The monoisotopic (exact) mass is 322 g/mol. The zero-order valence-electron chi connectivity index (χ0n) is 13.4. The van der Waals surface area contributed by atoms with Crippen molar-refractivity contribution in [2.24, 2.45) is 0 Å². The van der Waals surface area contributed by atoms with E-state index >= 15 is 0 Å². The number of hydrogen-bond donors (Lipinski definition) is 4. The minimum absolute atomic E-state index is 0.319. The van der Waals surface area contributed by atoms with Gasteiger partial charge in [-0.2, -0.15) is 0 Å². The third-order valence-electron chi connectivity index (χ3n) is 4.17. The Morgan fingerprint density at radius 1 is 0.750 bits per heavy atom. The molecule has 122 valence electrons. The molecule has 0 amide bonds. The van der Waals surface area contributed by atoms with Crippen molar-refractivity contribution in [1.29, 1.82) is 0 Å². The number of nitrogens with zero attached hydrogens (tertiary/aromatic N) is 2. The lowest BCUT2D eigenvalue weighted by atomic mass is 10.2. The number of aryl methyl sites for hydroxylation is 2. The molecule has 2 aromatic carbocycles. The van der Waals surface area contributed by atoms with E-state index in [1.165, 1.54) is 0 Å². The highest BCUT2D eigenvalue weighted by molar-refractivity contribution is 5.76. The van der Waals surface area contributed by atoms with Crippen LogP contribution in [-0.2, 0) is 0 Å². The van der Waals surface area contributed by atoms with Gasteiger partial charge in [-0.1, -0.05) is 12.1 Å². The maximum absolute atomic E-state index is 10.5. The summed E-state index contributed by atoms with van der Waals surface area (Å²) in [5, 5.41) is 21.0. The Bertz CT molecular complexity index is 950. The van der Waals surface area contributed by atoms with Crippen LogP contribution in [0.3, 0.4) is 0 Å². The van der Waals surface area contributed by atoms with Gasteiger partial charge in [-0.15, -0.1) is 0 Å². The Morgan fingerprint density at radius 3 is 1.58 bits per heavy atom. The number of benzene rings is 2. The van der Waals surface area contributed by atoms with Crippen LogP contribution >= 0.6 is 0 Å². The number of nitrogens with one attached hydrogen (secondary N) is 2. The van der Waals surface area contributed by atoms with Crippen LogP contribution in [0.2, 0.25) is 0 Å². The average Bonchev–Trinajstić information content (AvgIpc) is 3.16. The molecule has 0 saturated heterocycles. The summed E-state index contributed by atoms with van der Waals surface area (Å²) >= 11 is 0. The summed E-state index contributed by atoms with van der Waals surface area (Å²) in [5.74, 6) is 0.638. The molecular formula is C18H18N4O2. The first-order chi connectivity index (χ1) is 11.5. The molecule has 4 aromatic rings. The maximum atomic E-state index is 10.5. The Balaban J connectivity index is 1.69. The third-order valence-corrected chi connectivity index (χ3v) is 4.17. The number of aliphatic hydroxyl groups excluding tert-OH is 2. The molecule has 0 aliphatic heterocycles. The van der Waals surface area contributed by atoms with Gasteiger partial charge in [-0.25, -0.2) is 9.97 Å². The highest BCUT2D eigenvalue weighted by Crippen LogP contribution is 2.28. The number of H-pyrrole nitrogens is 2. The van der Waals surface area contributed by atoms with Crippen molar-refractivity contribution in [2.45, 2.75) is 26.1 Å². The van der Waals surface area contributed by atoms with Crippen molar-refractivity contribution in [1.82, 2.24) is 19.9 Å². The van der Waals surface area contributed by atoms with Crippen molar-refractivity contribution in [2.75, 3.05) is 0 Å². The van der Waals surface area contributed by atoms with Gasteiger partial charge in [0.25, 0.3) is 0 Å². The second kappa shape index (κ2) is 5.43. The summed E-state index contributed by atoms with van der Waals surface area (Å²) < 4.78 is 0. The van der Waals surface area contributed by atoms with Crippen LogP contribution in [0, 0.1) is 13.8 Å². The van der Waals surface area contributed by atoms with Gasteiger partial charge in [0, 0.05) is 0 Å². The first-order valence-corrected chi connectivity index (χ1v) is 7.80. The number of rotatable bonds is 3. The molecule has 0 spiro atoms. The molecule has 4 rings (SSSR count). The summed E-state index contributed by atoms with van der Waals surface area (Å²) in [4.78, 5) is 14.9. The number of hydrogen-bond acceptors (Lipinski definition) is 4. The maximum Gasteiger partial charge on any atom is 0.145 e. The molecule has 24 heavy (non-hydrogen) atoms. The average molecular weight is 322 g/mol. The number of imidazole rings is 2. The molecule has 2 atom stereocenters. The lowest BCUT2D eigenvalue weighted by Gasteiger charge is -2.13. The van der Waals surface area contributed by atoms with E-state index in [0.29, 0.717) is 11.6 Å². The fourth-order valence-corrected chi connectivity index (χ4v) is 2.87. The van der Waals surface area contributed by atoms with Gasteiger partial charge >= 0.3 is 0 Å². The van der Waals surface area contributed by atoms with Gasteiger partial charge in [0.05, 0.1) is 22.1 Å². The van der Waals surface area contributed by atoms with Crippen LogP contribution < -0.4 is 0 Å². The number of aliphatic hydroxyl groups is 2. The van der Waals surface area contributed by atoms with Gasteiger partial charge in [-0.05, 0) is 49.2 Å². The lowest BCUT2D eigenvalue weighted by Crippen LogP contribution is -2.13.